The Morgan fingerprint density at radius 3 is 2.73 bits per heavy atom. The summed E-state index contributed by atoms with van der Waals surface area (Å²) in [6.07, 6.45) is 1.93. The van der Waals surface area contributed by atoms with Crippen LogP contribution >= 0.6 is 11.6 Å². The minimum absolute atomic E-state index is 0.0923. The lowest BCUT2D eigenvalue weighted by Crippen LogP contribution is -2.48. The monoisotopic (exact) mass is 323 g/mol. The summed E-state index contributed by atoms with van der Waals surface area (Å²) in [6, 6.07) is 8.02. The van der Waals surface area contributed by atoms with E-state index >= 15 is 0 Å². The molecule has 2 amide bonds. The normalized spacial score (nSPS) is 27.9. The first kappa shape index (κ1) is 15.4. The SMILES string of the molecule is CC1OCCC1NC(=O)NC1CCN(c2ccc(Cl)cc2)C1. The van der Waals surface area contributed by atoms with Gasteiger partial charge in [-0.2, -0.15) is 0 Å². The van der Waals surface area contributed by atoms with Crippen LogP contribution in [0.25, 0.3) is 0 Å². The summed E-state index contributed by atoms with van der Waals surface area (Å²) >= 11 is 5.91. The highest BCUT2D eigenvalue weighted by Gasteiger charge is 2.28. The molecule has 1 aromatic carbocycles. The van der Waals surface area contributed by atoms with Gasteiger partial charge in [0.25, 0.3) is 0 Å². The zero-order valence-corrected chi connectivity index (χ0v) is 13.5. The fraction of sp³-hybridized carbons (Fsp3) is 0.562. The third-order valence-electron chi connectivity index (χ3n) is 4.41. The van der Waals surface area contributed by atoms with Crippen LogP contribution in [0.4, 0.5) is 10.5 Å². The fourth-order valence-corrected chi connectivity index (χ4v) is 3.21. The van der Waals surface area contributed by atoms with Gasteiger partial charge in [-0.3, -0.25) is 0 Å². The maximum absolute atomic E-state index is 12.1. The number of rotatable bonds is 3. The van der Waals surface area contributed by atoms with Crippen molar-refractivity contribution in [2.24, 2.45) is 0 Å². The Morgan fingerprint density at radius 2 is 2.05 bits per heavy atom. The van der Waals surface area contributed by atoms with Crippen LogP contribution in [-0.2, 0) is 4.74 Å². The van der Waals surface area contributed by atoms with Gasteiger partial charge in [-0.05, 0) is 44.0 Å². The molecule has 2 N–H and O–H groups in total. The molecule has 2 fully saturated rings. The third kappa shape index (κ3) is 3.65. The van der Waals surface area contributed by atoms with Crippen molar-refractivity contribution in [3.05, 3.63) is 29.3 Å². The number of hydrogen-bond acceptors (Lipinski definition) is 3. The van der Waals surface area contributed by atoms with Crippen molar-refractivity contribution >= 4 is 23.3 Å². The second-order valence-corrected chi connectivity index (χ2v) is 6.43. The second-order valence-electron chi connectivity index (χ2n) is 6.00. The van der Waals surface area contributed by atoms with Crippen molar-refractivity contribution in [2.45, 2.75) is 38.0 Å². The Morgan fingerprint density at radius 1 is 1.27 bits per heavy atom. The number of nitrogens with one attached hydrogen (secondary N) is 2. The number of urea groups is 1. The number of nitrogens with zero attached hydrogens (tertiary/aromatic N) is 1. The highest BCUT2D eigenvalue weighted by atomic mass is 35.5. The molecule has 3 unspecified atom stereocenters. The molecule has 6 heteroatoms. The summed E-state index contributed by atoms with van der Waals surface area (Å²) in [6.45, 7) is 4.48. The van der Waals surface area contributed by atoms with Gasteiger partial charge >= 0.3 is 6.03 Å². The van der Waals surface area contributed by atoms with Crippen LogP contribution in [0.15, 0.2) is 24.3 Å². The molecule has 5 nitrogen and oxygen atoms in total. The Balaban J connectivity index is 1.48. The largest absolute Gasteiger partial charge is 0.376 e. The van der Waals surface area contributed by atoms with Crippen LogP contribution in [0.1, 0.15) is 19.8 Å². The number of halogens is 1. The second kappa shape index (κ2) is 6.75. The van der Waals surface area contributed by atoms with Gasteiger partial charge in [-0.15, -0.1) is 0 Å². The zero-order chi connectivity index (χ0) is 15.5. The maximum Gasteiger partial charge on any atom is 0.315 e. The minimum Gasteiger partial charge on any atom is -0.376 e. The summed E-state index contributed by atoms with van der Waals surface area (Å²) in [5.74, 6) is 0. The van der Waals surface area contributed by atoms with Gasteiger partial charge in [-0.1, -0.05) is 11.6 Å². The van der Waals surface area contributed by atoms with Crippen molar-refractivity contribution in [3.8, 4) is 0 Å². The summed E-state index contributed by atoms with van der Waals surface area (Å²) in [4.78, 5) is 14.3. The average molecular weight is 324 g/mol. The predicted octanol–water partition coefficient (Wildman–Crippen LogP) is 2.40. The van der Waals surface area contributed by atoms with Gasteiger partial charge in [-0.25, -0.2) is 4.79 Å². The van der Waals surface area contributed by atoms with E-state index in [0.29, 0.717) is 0 Å². The van der Waals surface area contributed by atoms with E-state index < -0.39 is 0 Å². The third-order valence-corrected chi connectivity index (χ3v) is 4.66. The molecule has 0 aliphatic carbocycles. The Hall–Kier alpha value is -1.46. The van der Waals surface area contributed by atoms with E-state index in [4.69, 9.17) is 16.3 Å². The zero-order valence-electron chi connectivity index (χ0n) is 12.7. The fourth-order valence-electron chi connectivity index (χ4n) is 3.08. The molecule has 3 rings (SSSR count). The first-order valence-electron chi connectivity index (χ1n) is 7.81. The number of benzene rings is 1. The van der Waals surface area contributed by atoms with Crippen molar-refractivity contribution in [1.29, 1.82) is 0 Å². The van der Waals surface area contributed by atoms with Gasteiger partial charge in [0.05, 0.1) is 12.1 Å². The van der Waals surface area contributed by atoms with Crippen molar-refractivity contribution in [2.75, 3.05) is 24.6 Å². The smallest absolute Gasteiger partial charge is 0.315 e. The van der Waals surface area contributed by atoms with E-state index in [1.54, 1.807) is 0 Å². The number of carbonyl (C=O) groups is 1. The summed E-state index contributed by atoms with van der Waals surface area (Å²) in [7, 11) is 0. The van der Waals surface area contributed by atoms with Crippen LogP contribution < -0.4 is 15.5 Å². The molecule has 2 saturated heterocycles. The number of carbonyl (C=O) groups excluding carboxylic acids is 1. The van der Waals surface area contributed by atoms with Crippen LogP contribution in [-0.4, -0.2) is 43.9 Å². The highest BCUT2D eigenvalue weighted by Crippen LogP contribution is 2.22. The van der Waals surface area contributed by atoms with E-state index in [0.717, 1.165) is 43.2 Å². The van der Waals surface area contributed by atoms with Gasteiger partial charge in [0.2, 0.25) is 0 Å². The molecule has 2 aliphatic rings. The first-order valence-corrected chi connectivity index (χ1v) is 8.19. The maximum atomic E-state index is 12.1. The molecule has 0 spiro atoms. The van der Waals surface area contributed by atoms with E-state index in [2.05, 4.69) is 15.5 Å². The first-order chi connectivity index (χ1) is 10.6. The number of hydrogen-bond donors (Lipinski definition) is 2. The average Bonchev–Trinajstić information content (AvgIpc) is 3.10. The van der Waals surface area contributed by atoms with Crippen molar-refractivity contribution < 1.29 is 9.53 Å². The van der Waals surface area contributed by atoms with Crippen molar-refractivity contribution in [1.82, 2.24) is 10.6 Å². The van der Waals surface area contributed by atoms with Gasteiger partial charge in [0, 0.05) is 36.4 Å². The van der Waals surface area contributed by atoms with Crippen LogP contribution in [0, 0.1) is 0 Å². The molecule has 0 radical (unpaired) electrons. The molecule has 1 aromatic rings. The van der Waals surface area contributed by atoms with Crippen LogP contribution in [0.3, 0.4) is 0 Å². The molecular formula is C16H22ClN3O2. The number of amides is 2. The summed E-state index contributed by atoms with van der Waals surface area (Å²) in [5.41, 5.74) is 1.15. The standard InChI is InChI=1S/C16H22ClN3O2/c1-11-15(7-9-22-11)19-16(21)18-13-6-8-20(10-13)14-4-2-12(17)3-5-14/h2-5,11,13,15H,6-10H2,1H3,(H2,18,19,21). The predicted molar refractivity (Wildman–Crippen MR) is 87.6 cm³/mol. The Labute approximate surface area is 136 Å². The van der Waals surface area contributed by atoms with Crippen molar-refractivity contribution in [3.63, 3.8) is 0 Å². The van der Waals surface area contributed by atoms with Gasteiger partial charge in [0.15, 0.2) is 0 Å². The topological polar surface area (TPSA) is 53.6 Å². The van der Waals surface area contributed by atoms with Crippen LogP contribution in [0.5, 0.6) is 0 Å². The summed E-state index contributed by atoms with van der Waals surface area (Å²) in [5, 5.41) is 6.81. The quantitative estimate of drug-likeness (QED) is 0.898. The summed E-state index contributed by atoms with van der Waals surface area (Å²) < 4.78 is 5.46. The van der Waals surface area contributed by atoms with E-state index in [9.17, 15) is 4.79 Å². The molecule has 2 heterocycles. The number of ether oxygens (including phenoxy) is 1. The van der Waals surface area contributed by atoms with E-state index in [-0.39, 0.29) is 24.2 Å². The van der Waals surface area contributed by atoms with E-state index in [1.165, 1.54) is 0 Å². The number of anilines is 1. The highest BCUT2D eigenvalue weighted by molar-refractivity contribution is 6.30. The molecule has 120 valence electrons. The lowest BCUT2D eigenvalue weighted by molar-refractivity contribution is 0.114. The molecule has 2 aliphatic heterocycles. The molecule has 0 saturated carbocycles. The van der Waals surface area contributed by atoms with Gasteiger partial charge < -0.3 is 20.3 Å². The lowest BCUT2D eigenvalue weighted by atomic mass is 10.2. The lowest BCUT2D eigenvalue weighted by Gasteiger charge is -2.21. The van der Waals surface area contributed by atoms with Gasteiger partial charge in [0.1, 0.15) is 0 Å². The molecule has 22 heavy (non-hydrogen) atoms. The van der Waals surface area contributed by atoms with Crippen LogP contribution in [0.2, 0.25) is 5.02 Å². The minimum atomic E-state index is -0.0923. The Bertz CT molecular complexity index is 523. The molecule has 0 bridgehead atoms. The molecule has 3 atom stereocenters. The van der Waals surface area contributed by atoms with E-state index in [1.807, 2.05) is 31.2 Å². The Kier molecular flexibility index (Phi) is 4.74. The molecular weight excluding hydrogens is 302 g/mol. The molecule has 0 aromatic heterocycles.